The molecule has 1 aliphatic carbocycles. The first kappa shape index (κ1) is 20.7. The summed E-state index contributed by atoms with van der Waals surface area (Å²) in [5.41, 5.74) is 6.42. The van der Waals surface area contributed by atoms with Crippen LogP contribution in [0.4, 0.5) is 13.2 Å². The molecular formula is C17H23F3N2O3S. The van der Waals surface area contributed by atoms with Gasteiger partial charge < -0.3 is 10.8 Å². The SMILES string of the molecule is N=S(=O)(CCC(c1ccc(C2CC2)cc1)C(F)(F)F)CC[C@H](N)C(=O)O. The van der Waals surface area contributed by atoms with Gasteiger partial charge in [-0.25, -0.2) is 4.21 Å². The van der Waals surface area contributed by atoms with Crippen LogP contribution in [0.5, 0.6) is 0 Å². The van der Waals surface area contributed by atoms with Crippen LogP contribution in [0.1, 0.15) is 48.6 Å². The molecule has 0 bridgehead atoms. The van der Waals surface area contributed by atoms with Crippen LogP contribution in [0.15, 0.2) is 24.3 Å². The quantitative estimate of drug-likeness (QED) is 0.599. The van der Waals surface area contributed by atoms with Gasteiger partial charge in [0.2, 0.25) is 0 Å². The van der Waals surface area contributed by atoms with Gasteiger partial charge in [0.1, 0.15) is 6.04 Å². The predicted octanol–water partition coefficient (Wildman–Crippen LogP) is 3.45. The molecule has 1 aliphatic rings. The summed E-state index contributed by atoms with van der Waals surface area (Å²) in [6.45, 7) is 0. The molecule has 0 saturated heterocycles. The summed E-state index contributed by atoms with van der Waals surface area (Å²) in [6.07, 6.45) is -3.07. The van der Waals surface area contributed by atoms with E-state index in [1.807, 2.05) is 0 Å². The zero-order valence-electron chi connectivity index (χ0n) is 14.2. The highest BCUT2D eigenvalue weighted by Crippen LogP contribution is 2.42. The number of nitrogens with two attached hydrogens (primary N) is 1. The van der Waals surface area contributed by atoms with Crippen molar-refractivity contribution in [1.82, 2.24) is 0 Å². The van der Waals surface area contributed by atoms with Crippen LogP contribution in [0.25, 0.3) is 0 Å². The Kier molecular flexibility index (Phi) is 6.33. The van der Waals surface area contributed by atoms with E-state index in [4.69, 9.17) is 15.6 Å². The van der Waals surface area contributed by atoms with Gasteiger partial charge in [-0.05, 0) is 42.7 Å². The van der Waals surface area contributed by atoms with Gasteiger partial charge in [-0.2, -0.15) is 13.2 Å². The molecule has 1 fully saturated rings. The topological polar surface area (TPSA) is 104 Å². The summed E-state index contributed by atoms with van der Waals surface area (Å²) in [7, 11) is -3.33. The molecule has 0 radical (unpaired) electrons. The average Bonchev–Trinajstić information content (AvgIpc) is 3.37. The minimum absolute atomic E-state index is 0.0966. The molecule has 2 unspecified atom stereocenters. The number of carboxylic acid groups (broad SMARTS) is 1. The number of hydrogen-bond donors (Lipinski definition) is 3. The third-order valence-corrected chi connectivity index (χ3v) is 6.39. The molecule has 26 heavy (non-hydrogen) atoms. The van der Waals surface area contributed by atoms with Crippen LogP contribution < -0.4 is 5.73 Å². The number of aliphatic carboxylic acids is 1. The summed E-state index contributed by atoms with van der Waals surface area (Å²) in [4.78, 5) is 10.7. The number of hydrogen-bond acceptors (Lipinski definition) is 4. The van der Waals surface area contributed by atoms with Gasteiger partial charge >= 0.3 is 12.1 Å². The Hall–Kier alpha value is -1.61. The van der Waals surface area contributed by atoms with E-state index < -0.39 is 46.0 Å². The van der Waals surface area contributed by atoms with Gasteiger partial charge in [-0.3, -0.25) is 9.57 Å². The normalized spacial score (nSPS) is 19.5. The van der Waals surface area contributed by atoms with Crippen LogP contribution in [0.2, 0.25) is 0 Å². The number of alkyl halides is 3. The minimum Gasteiger partial charge on any atom is -0.480 e. The third kappa shape index (κ3) is 5.98. The summed E-state index contributed by atoms with van der Waals surface area (Å²) in [6, 6.07) is 5.05. The molecular weight excluding hydrogens is 369 g/mol. The smallest absolute Gasteiger partial charge is 0.395 e. The molecule has 0 amide bonds. The lowest BCUT2D eigenvalue weighted by molar-refractivity contribution is -0.150. The lowest BCUT2D eigenvalue weighted by Gasteiger charge is -2.21. The molecule has 2 rings (SSSR count). The lowest BCUT2D eigenvalue weighted by Crippen LogP contribution is -2.32. The van der Waals surface area contributed by atoms with E-state index in [0.717, 1.165) is 18.4 Å². The summed E-state index contributed by atoms with van der Waals surface area (Å²) in [5, 5.41) is 8.69. The van der Waals surface area contributed by atoms with Crippen molar-refractivity contribution in [3.63, 3.8) is 0 Å². The van der Waals surface area contributed by atoms with Crippen molar-refractivity contribution < 1.29 is 27.3 Å². The summed E-state index contributed by atoms with van der Waals surface area (Å²) < 4.78 is 60.2. The number of carbonyl (C=O) groups is 1. The first-order chi connectivity index (χ1) is 12.0. The van der Waals surface area contributed by atoms with Crippen molar-refractivity contribution in [3.05, 3.63) is 35.4 Å². The molecule has 0 spiro atoms. The third-order valence-electron chi connectivity index (χ3n) is 4.59. The molecule has 0 aromatic heterocycles. The molecule has 1 aromatic rings. The number of nitrogens with one attached hydrogen (secondary N) is 1. The standard InChI is InChI=1S/C17H23F3N2O3S/c18-17(19,20)14(13-5-3-12(4-6-13)11-1-2-11)7-9-26(22,25)10-8-15(21)16(23)24/h3-6,11,14-15,22H,1-2,7-10,21H2,(H,23,24)/t14?,15-,26?/m0/s1. The van der Waals surface area contributed by atoms with Gasteiger partial charge in [0.05, 0.1) is 5.92 Å². The zero-order valence-corrected chi connectivity index (χ0v) is 15.0. The van der Waals surface area contributed by atoms with E-state index >= 15 is 0 Å². The van der Waals surface area contributed by atoms with E-state index in [1.165, 1.54) is 12.1 Å². The fraction of sp³-hybridized carbons (Fsp3) is 0.588. The highest BCUT2D eigenvalue weighted by atomic mass is 32.2. The van der Waals surface area contributed by atoms with Gasteiger partial charge in [-0.15, -0.1) is 0 Å². The molecule has 5 nitrogen and oxygen atoms in total. The van der Waals surface area contributed by atoms with E-state index in [9.17, 15) is 22.2 Å². The van der Waals surface area contributed by atoms with Crippen molar-refractivity contribution in [2.75, 3.05) is 11.5 Å². The monoisotopic (exact) mass is 392 g/mol. The van der Waals surface area contributed by atoms with Crippen LogP contribution >= 0.6 is 0 Å². The molecule has 1 saturated carbocycles. The number of halogens is 3. The van der Waals surface area contributed by atoms with Crippen LogP contribution in [-0.4, -0.2) is 39.0 Å². The Bertz CT molecular complexity index is 729. The Morgan fingerprint density at radius 3 is 2.23 bits per heavy atom. The van der Waals surface area contributed by atoms with Crippen LogP contribution in [-0.2, 0) is 14.5 Å². The molecule has 0 heterocycles. The van der Waals surface area contributed by atoms with Crippen molar-refractivity contribution in [1.29, 1.82) is 4.78 Å². The molecule has 9 heteroatoms. The maximum absolute atomic E-state index is 13.4. The maximum Gasteiger partial charge on any atom is 0.395 e. The van der Waals surface area contributed by atoms with Crippen molar-refractivity contribution in [3.8, 4) is 0 Å². The number of benzene rings is 1. The molecule has 1 aromatic carbocycles. The summed E-state index contributed by atoms with van der Waals surface area (Å²) in [5.74, 6) is -3.42. The van der Waals surface area contributed by atoms with E-state index in [1.54, 1.807) is 12.1 Å². The largest absolute Gasteiger partial charge is 0.480 e. The fourth-order valence-electron chi connectivity index (χ4n) is 2.79. The van der Waals surface area contributed by atoms with Gasteiger partial charge in [0.15, 0.2) is 0 Å². The van der Waals surface area contributed by atoms with E-state index in [0.29, 0.717) is 5.92 Å². The number of carboxylic acids is 1. The van der Waals surface area contributed by atoms with Gasteiger partial charge in [0, 0.05) is 21.2 Å². The maximum atomic E-state index is 13.4. The van der Waals surface area contributed by atoms with Crippen molar-refractivity contribution >= 4 is 15.7 Å². The molecule has 0 aliphatic heterocycles. The lowest BCUT2D eigenvalue weighted by atomic mass is 9.94. The van der Waals surface area contributed by atoms with Crippen LogP contribution in [0.3, 0.4) is 0 Å². The summed E-state index contributed by atoms with van der Waals surface area (Å²) >= 11 is 0. The fourth-order valence-corrected chi connectivity index (χ4v) is 4.24. The Morgan fingerprint density at radius 1 is 1.23 bits per heavy atom. The number of rotatable bonds is 9. The average molecular weight is 392 g/mol. The van der Waals surface area contributed by atoms with Crippen LogP contribution in [0, 0.1) is 4.78 Å². The van der Waals surface area contributed by atoms with Gasteiger partial charge in [-0.1, -0.05) is 24.3 Å². The second-order valence-electron chi connectivity index (χ2n) is 6.78. The highest BCUT2D eigenvalue weighted by Gasteiger charge is 2.41. The Balaban J connectivity index is 2.02. The van der Waals surface area contributed by atoms with Gasteiger partial charge in [0.25, 0.3) is 0 Å². The highest BCUT2D eigenvalue weighted by molar-refractivity contribution is 7.92. The second-order valence-corrected chi connectivity index (χ2v) is 9.22. The molecule has 4 N–H and O–H groups in total. The minimum atomic E-state index is -4.51. The first-order valence-corrected chi connectivity index (χ1v) is 10.3. The second kappa shape index (κ2) is 7.96. The van der Waals surface area contributed by atoms with E-state index in [2.05, 4.69) is 0 Å². The molecule has 3 atom stereocenters. The van der Waals surface area contributed by atoms with Crippen molar-refractivity contribution in [2.24, 2.45) is 5.73 Å². The van der Waals surface area contributed by atoms with E-state index in [-0.39, 0.29) is 17.7 Å². The molecule has 146 valence electrons. The zero-order chi connectivity index (χ0) is 19.5. The predicted molar refractivity (Wildman–Crippen MR) is 92.7 cm³/mol. The Labute approximate surface area is 150 Å². The first-order valence-electron chi connectivity index (χ1n) is 8.39. The van der Waals surface area contributed by atoms with Crippen molar-refractivity contribution in [2.45, 2.75) is 49.7 Å². The Morgan fingerprint density at radius 2 is 1.77 bits per heavy atom.